The molecule has 1 aromatic carbocycles. The van der Waals surface area contributed by atoms with Crippen LogP contribution in [0, 0.1) is 0 Å². The van der Waals surface area contributed by atoms with Crippen LogP contribution in [0.1, 0.15) is 23.7 Å². The van der Waals surface area contributed by atoms with E-state index in [4.69, 9.17) is 22.1 Å². The van der Waals surface area contributed by atoms with Gasteiger partial charge >= 0.3 is 0 Å². The second kappa shape index (κ2) is 6.47. The van der Waals surface area contributed by atoms with Crippen LogP contribution in [0.2, 0.25) is 5.02 Å². The van der Waals surface area contributed by atoms with Gasteiger partial charge in [0, 0.05) is 7.11 Å². The Morgan fingerprint density at radius 2 is 2.29 bits per heavy atom. The summed E-state index contributed by atoms with van der Waals surface area (Å²) < 4.78 is 5.01. The molecule has 5 heteroatoms. The van der Waals surface area contributed by atoms with Crippen molar-refractivity contribution >= 4 is 23.2 Å². The second-order valence-electron chi connectivity index (χ2n) is 3.74. The summed E-state index contributed by atoms with van der Waals surface area (Å²) in [5, 5.41) is 3.24. The van der Waals surface area contributed by atoms with Crippen LogP contribution in [0.5, 0.6) is 0 Å². The number of methoxy groups -OCH3 is 1. The Kier molecular flexibility index (Phi) is 5.25. The van der Waals surface area contributed by atoms with E-state index in [-0.39, 0.29) is 11.9 Å². The lowest BCUT2D eigenvalue weighted by Crippen LogP contribution is -2.37. The number of nitrogens with two attached hydrogens (primary N) is 1. The van der Waals surface area contributed by atoms with Gasteiger partial charge in [0.1, 0.15) is 0 Å². The molecule has 0 aromatic heterocycles. The van der Waals surface area contributed by atoms with Crippen LogP contribution in [-0.4, -0.2) is 25.7 Å². The van der Waals surface area contributed by atoms with E-state index >= 15 is 0 Å². The molecule has 0 aliphatic rings. The lowest BCUT2D eigenvalue weighted by atomic mass is 10.1. The van der Waals surface area contributed by atoms with Gasteiger partial charge in [-0.3, -0.25) is 4.79 Å². The molecule has 0 spiro atoms. The van der Waals surface area contributed by atoms with Gasteiger partial charge in [-0.25, -0.2) is 0 Å². The molecule has 0 heterocycles. The summed E-state index contributed by atoms with van der Waals surface area (Å²) in [4.78, 5) is 12.0. The normalized spacial score (nSPS) is 12.2. The fourth-order valence-corrected chi connectivity index (χ4v) is 1.64. The number of benzene rings is 1. The number of rotatable bonds is 5. The number of para-hydroxylation sites is 1. The molecule has 1 atom stereocenters. The van der Waals surface area contributed by atoms with E-state index in [1.807, 2.05) is 6.92 Å². The number of nitrogen functional groups attached to an aromatic ring is 1. The highest BCUT2D eigenvalue weighted by atomic mass is 35.5. The van der Waals surface area contributed by atoms with Crippen molar-refractivity contribution in [2.24, 2.45) is 0 Å². The molecule has 0 saturated heterocycles. The monoisotopic (exact) mass is 256 g/mol. The Balaban J connectivity index is 2.79. The van der Waals surface area contributed by atoms with E-state index < -0.39 is 0 Å². The SMILES string of the molecule is CCC(COC)NC(=O)c1cccc(Cl)c1N. The fourth-order valence-electron chi connectivity index (χ4n) is 1.46. The first kappa shape index (κ1) is 13.8. The Morgan fingerprint density at radius 1 is 1.59 bits per heavy atom. The molecule has 0 saturated carbocycles. The van der Waals surface area contributed by atoms with Crippen LogP contribution < -0.4 is 11.1 Å². The molecular weight excluding hydrogens is 240 g/mol. The summed E-state index contributed by atoms with van der Waals surface area (Å²) in [5.74, 6) is -0.228. The van der Waals surface area contributed by atoms with E-state index in [2.05, 4.69) is 5.32 Å². The minimum atomic E-state index is -0.228. The van der Waals surface area contributed by atoms with Gasteiger partial charge in [0.25, 0.3) is 5.91 Å². The van der Waals surface area contributed by atoms with Gasteiger partial charge < -0.3 is 15.8 Å². The standard InChI is InChI=1S/C12H17ClN2O2/c1-3-8(7-17-2)15-12(16)9-5-4-6-10(13)11(9)14/h4-6,8H,3,7,14H2,1-2H3,(H,15,16). The van der Waals surface area contributed by atoms with Crippen LogP contribution in [0.15, 0.2) is 18.2 Å². The summed E-state index contributed by atoms with van der Waals surface area (Å²) in [7, 11) is 1.60. The van der Waals surface area contributed by atoms with Crippen molar-refractivity contribution in [3.63, 3.8) is 0 Å². The predicted octanol–water partition coefficient (Wildman–Crippen LogP) is 2.08. The van der Waals surface area contributed by atoms with E-state index in [1.165, 1.54) is 0 Å². The molecular formula is C12H17ClN2O2. The van der Waals surface area contributed by atoms with E-state index in [0.717, 1.165) is 6.42 Å². The third-order valence-electron chi connectivity index (χ3n) is 2.49. The summed E-state index contributed by atoms with van der Waals surface area (Å²) in [6, 6.07) is 4.98. The van der Waals surface area contributed by atoms with Crippen molar-refractivity contribution in [1.82, 2.24) is 5.32 Å². The molecule has 4 nitrogen and oxygen atoms in total. The van der Waals surface area contributed by atoms with Crippen molar-refractivity contribution < 1.29 is 9.53 Å². The fraction of sp³-hybridized carbons (Fsp3) is 0.417. The first-order valence-corrected chi connectivity index (χ1v) is 5.81. The van der Waals surface area contributed by atoms with Gasteiger partial charge in [0.15, 0.2) is 0 Å². The largest absolute Gasteiger partial charge is 0.397 e. The number of anilines is 1. The summed E-state index contributed by atoms with van der Waals surface area (Å²) in [6.45, 7) is 2.45. The molecule has 0 aliphatic heterocycles. The van der Waals surface area contributed by atoms with Crippen molar-refractivity contribution in [1.29, 1.82) is 0 Å². The second-order valence-corrected chi connectivity index (χ2v) is 4.14. The number of carbonyl (C=O) groups excluding carboxylic acids is 1. The topological polar surface area (TPSA) is 64.3 Å². The molecule has 0 aliphatic carbocycles. The average Bonchev–Trinajstić information content (AvgIpc) is 2.31. The zero-order chi connectivity index (χ0) is 12.8. The summed E-state index contributed by atoms with van der Waals surface area (Å²) in [6.07, 6.45) is 0.792. The lowest BCUT2D eigenvalue weighted by molar-refractivity contribution is 0.0895. The van der Waals surface area contributed by atoms with E-state index in [9.17, 15) is 4.79 Å². The highest BCUT2D eigenvalue weighted by Crippen LogP contribution is 2.22. The average molecular weight is 257 g/mol. The number of halogens is 1. The lowest BCUT2D eigenvalue weighted by Gasteiger charge is -2.16. The highest BCUT2D eigenvalue weighted by Gasteiger charge is 2.15. The van der Waals surface area contributed by atoms with Gasteiger partial charge in [-0.2, -0.15) is 0 Å². The Labute approximate surface area is 106 Å². The molecule has 0 fully saturated rings. The number of carbonyl (C=O) groups is 1. The van der Waals surface area contributed by atoms with Gasteiger partial charge in [-0.15, -0.1) is 0 Å². The highest BCUT2D eigenvalue weighted by molar-refractivity contribution is 6.33. The Bertz CT molecular complexity index is 396. The summed E-state index contributed by atoms with van der Waals surface area (Å²) >= 11 is 5.86. The third-order valence-corrected chi connectivity index (χ3v) is 2.82. The molecule has 1 rings (SSSR count). The Morgan fingerprint density at radius 3 is 2.88 bits per heavy atom. The Hall–Kier alpha value is -1.26. The first-order chi connectivity index (χ1) is 8.10. The van der Waals surface area contributed by atoms with Gasteiger partial charge in [0.2, 0.25) is 0 Å². The molecule has 17 heavy (non-hydrogen) atoms. The molecule has 3 N–H and O–H groups in total. The van der Waals surface area contributed by atoms with Crippen molar-refractivity contribution in [2.45, 2.75) is 19.4 Å². The van der Waals surface area contributed by atoms with Crippen LogP contribution >= 0.6 is 11.6 Å². The molecule has 1 unspecified atom stereocenters. The summed E-state index contributed by atoms with van der Waals surface area (Å²) in [5.41, 5.74) is 6.45. The minimum absolute atomic E-state index is 0.0223. The molecule has 0 radical (unpaired) electrons. The zero-order valence-electron chi connectivity index (χ0n) is 10.00. The van der Waals surface area contributed by atoms with Crippen molar-refractivity contribution in [2.75, 3.05) is 19.5 Å². The first-order valence-electron chi connectivity index (χ1n) is 5.44. The third kappa shape index (κ3) is 3.61. The number of ether oxygens (including phenoxy) is 1. The van der Waals surface area contributed by atoms with Gasteiger partial charge in [-0.05, 0) is 18.6 Å². The predicted molar refractivity (Wildman–Crippen MR) is 69.3 cm³/mol. The molecule has 1 aromatic rings. The number of hydrogen-bond acceptors (Lipinski definition) is 3. The van der Waals surface area contributed by atoms with Crippen molar-refractivity contribution in [3.8, 4) is 0 Å². The van der Waals surface area contributed by atoms with Gasteiger partial charge in [0.05, 0.1) is 28.9 Å². The van der Waals surface area contributed by atoms with Crippen LogP contribution in [0.25, 0.3) is 0 Å². The minimum Gasteiger partial charge on any atom is -0.397 e. The quantitative estimate of drug-likeness (QED) is 0.793. The zero-order valence-corrected chi connectivity index (χ0v) is 10.8. The maximum Gasteiger partial charge on any atom is 0.253 e. The maximum atomic E-state index is 12.0. The number of nitrogens with one attached hydrogen (secondary N) is 1. The molecule has 1 amide bonds. The maximum absolute atomic E-state index is 12.0. The molecule has 0 bridgehead atoms. The number of amides is 1. The van der Waals surface area contributed by atoms with Crippen LogP contribution in [0.4, 0.5) is 5.69 Å². The number of hydrogen-bond donors (Lipinski definition) is 2. The van der Waals surface area contributed by atoms with Crippen molar-refractivity contribution in [3.05, 3.63) is 28.8 Å². The van der Waals surface area contributed by atoms with E-state index in [1.54, 1.807) is 25.3 Å². The van der Waals surface area contributed by atoms with Crippen LogP contribution in [0.3, 0.4) is 0 Å². The molecule has 94 valence electrons. The van der Waals surface area contributed by atoms with E-state index in [0.29, 0.717) is 22.9 Å². The van der Waals surface area contributed by atoms with Gasteiger partial charge in [-0.1, -0.05) is 24.6 Å². The smallest absolute Gasteiger partial charge is 0.253 e. The van der Waals surface area contributed by atoms with Crippen LogP contribution in [-0.2, 0) is 4.74 Å².